The highest BCUT2D eigenvalue weighted by Gasteiger charge is 2.31. The van der Waals surface area contributed by atoms with Gasteiger partial charge >= 0.3 is 12.1 Å². The van der Waals surface area contributed by atoms with Crippen molar-refractivity contribution < 1.29 is 37.0 Å². The molecule has 0 atom stereocenters. The van der Waals surface area contributed by atoms with E-state index in [4.69, 9.17) is 14.2 Å². The lowest BCUT2D eigenvalue weighted by molar-refractivity contribution is -0.115. The summed E-state index contributed by atoms with van der Waals surface area (Å²) in [6, 6.07) is 5.92. The fraction of sp³-hybridized carbons (Fsp3) is 0.435. The molecule has 2 heterocycles. The van der Waals surface area contributed by atoms with Gasteiger partial charge in [0.1, 0.15) is 10.8 Å². The lowest BCUT2D eigenvalue weighted by Crippen LogP contribution is -2.36. The maximum atomic E-state index is 12.7. The normalized spacial score (nSPS) is 13.1. The van der Waals surface area contributed by atoms with Gasteiger partial charge in [0.05, 0.1) is 43.1 Å². The Kier molecular flexibility index (Phi) is 8.73. The number of nitrogens with one attached hydrogen (secondary N) is 1. The molecule has 1 aromatic carbocycles. The van der Waals surface area contributed by atoms with Gasteiger partial charge in [0, 0.05) is 17.8 Å². The summed E-state index contributed by atoms with van der Waals surface area (Å²) in [5.41, 5.74) is 0.969. The second-order valence-corrected chi connectivity index (χ2v) is 10.8. The van der Waals surface area contributed by atoms with Gasteiger partial charge in [0.25, 0.3) is 0 Å². The van der Waals surface area contributed by atoms with Crippen molar-refractivity contribution in [2.45, 2.75) is 38.1 Å². The number of sulfone groups is 1. The second kappa shape index (κ2) is 11.5. The van der Waals surface area contributed by atoms with Gasteiger partial charge in [-0.05, 0) is 50.1 Å². The highest BCUT2D eigenvalue weighted by Crippen LogP contribution is 2.38. The molecule has 10 nitrogen and oxygen atoms in total. The zero-order valence-corrected chi connectivity index (χ0v) is 21.4. The maximum absolute atomic E-state index is 12.7. The predicted molar refractivity (Wildman–Crippen MR) is 130 cm³/mol. The van der Waals surface area contributed by atoms with Crippen LogP contribution in [0.2, 0.25) is 0 Å². The van der Waals surface area contributed by atoms with Gasteiger partial charge in [-0.3, -0.25) is 4.79 Å². The fourth-order valence-corrected chi connectivity index (χ4v) is 6.11. The van der Waals surface area contributed by atoms with E-state index in [1.807, 2.05) is 0 Å². The first-order chi connectivity index (χ1) is 16.7. The minimum absolute atomic E-state index is 0.0870. The first-order valence-electron chi connectivity index (χ1n) is 11.1. The summed E-state index contributed by atoms with van der Waals surface area (Å²) in [6.07, 6.45) is -0.340. The van der Waals surface area contributed by atoms with Crippen molar-refractivity contribution in [3.05, 3.63) is 40.3 Å². The lowest BCUT2D eigenvalue weighted by Gasteiger charge is -2.26. The molecular formula is C23H28N2O8S2. The van der Waals surface area contributed by atoms with Crippen molar-refractivity contribution in [1.29, 1.82) is 0 Å². The predicted octanol–water partition coefficient (Wildman–Crippen LogP) is 3.25. The van der Waals surface area contributed by atoms with Gasteiger partial charge in [-0.1, -0.05) is 0 Å². The summed E-state index contributed by atoms with van der Waals surface area (Å²) in [6.45, 7) is 4.42. The van der Waals surface area contributed by atoms with Crippen LogP contribution in [-0.4, -0.2) is 63.9 Å². The van der Waals surface area contributed by atoms with Gasteiger partial charge < -0.3 is 24.4 Å². The van der Waals surface area contributed by atoms with Crippen LogP contribution in [-0.2, 0) is 37.1 Å². The van der Waals surface area contributed by atoms with Crippen molar-refractivity contribution in [3.8, 4) is 5.75 Å². The molecule has 190 valence electrons. The molecular weight excluding hydrogens is 496 g/mol. The van der Waals surface area contributed by atoms with Crippen LogP contribution in [0.3, 0.4) is 0 Å². The van der Waals surface area contributed by atoms with Gasteiger partial charge in [-0.2, -0.15) is 0 Å². The van der Waals surface area contributed by atoms with E-state index in [0.29, 0.717) is 18.7 Å². The van der Waals surface area contributed by atoms with Crippen LogP contribution in [0.25, 0.3) is 0 Å². The third-order valence-corrected chi connectivity index (χ3v) is 8.20. The standard InChI is InChI=1S/C23H28N2O8S2/c1-4-32-22(27)20-17-10-12-25(23(28)33-5-2)14-18(17)34-21(20)24-19(26)11-13-35(29,30)16-8-6-15(31-3)7-9-16/h6-9H,4-5,10-14H2,1-3H3,(H,24,26). The van der Waals surface area contributed by atoms with Crippen LogP contribution in [0.1, 0.15) is 41.1 Å². The summed E-state index contributed by atoms with van der Waals surface area (Å²) < 4.78 is 40.5. The number of methoxy groups -OCH3 is 1. The van der Waals surface area contributed by atoms with Crippen LogP contribution >= 0.6 is 11.3 Å². The Bertz CT molecular complexity index is 1190. The Balaban J connectivity index is 1.75. The average molecular weight is 525 g/mol. The van der Waals surface area contributed by atoms with E-state index in [1.165, 1.54) is 47.6 Å². The number of hydrogen-bond acceptors (Lipinski definition) is 9. The Morgan fingerprint density at radius 1 is 1.09 bits per heavy atom. The smallest absolute Gasteiger partial charge is 0.410 e. The summed E-state index contributed by atoms with van der Waals surface area (Å²) in [4.78, 5) is 39.8. The molecule has 2 amide bonds. The zero-order chi connectivity index (χ0) is 25.6. The quantitative estimate of drug-likeness (QED) is 0.495. The van der Waals surface area contributed by atoms with Gasteiger partial charge in [-0.25, -0.2) is 18.0 Å². The van der Waals surface area contributed by atoms with Crippen LogP contribution in [0.5, 0.6) is 5.75 Å². The number of amides is 2. The number of anilines is 1. The maximum Gasteiger partial charge on any atom is 0.410 e. The van der Waals surface area contributed by atoms with Crippen molar-refractivity contribution in [2.24, 2.45) is 0 Å². The van der Waals surface area contributed by atoms with Crippen molar-refractivity contribution >= 4 is 44.1 Å². The SMILES string of the molecule is CCOC(=O)c1c(NC(=O)CCS(=O)(=O)c2ccc(OC)cc2)sc2c1CCN(C(=O)OCC)C2. The molecule has 0 fully saturated rings. The number of benzene rings is 1. The monoisotopic (exact) mass is 524 g/mol. The molecule has 0 spiro atoms. The summed E-state index contributed by atoms with van der Waals surface area (Å²) in [7, 11) is -2.21. The first-order valence-corrected chi connectivity index (χ1v) is 13.6. The number of thiophene rings is 1. The molecule has 35 heavy (non-hydrogen) atoms. The third-order valence-electron chi connectivity index (χ3n) is 5.33. The van der Waals surface area contributed by atoms with E-state index in [-0.39, 0.29) is 41.6 Å². The van der Waals surface area contributed by atoms with E-state index in [2.05, 4.69) is 5.32 Å². The zero-order valence-electron chi connectivity index (χ0n) is 19.8. The second-order valence-electron chi connectivity index (χ2n) is 7.59. The number of hydrogen-bond donors (Lipinski definition) is 1. The summed E-state index contributed by atoms with van der Waals surface area (Å²) >= 11 is 1.17. The highest BCUT2D eigenvalue weighted by molar-refractivity contribution is 7.91. The van der Waals surface area contributed by atoms with E-state index < -0.39 is 33.6 Å². The minimum Gasteiger partial charge on any atom is -0.497 e. The molecule has 0 radical (unpaired) electrons. The van der Waals surface area contributed by atoms with Crippen molar-refractivity contribution in [2.75, 3.05) is 37.9 Å². The minimum atomic E-state index is -3.69. The Morgan fingerprint density at radius 3 is 2.40 bits per heavy atom. The molecule has 0 aliphatic carbocycles. The molecule has 3 rings (SSSR count). The lowest BCUT2D eigenvalue weighted by atomic mass is 10.0. The van der Waals surface area contributed by atoms with Gasteiger partial charge in [0.2, 0.25) is 5.91 Å². The number of nitrogens with zero attached hydrogens (tertiary/aromatic N) is 1. The molecule has 12 heteroatoms. The van der Waals surface area contributed by atoms with Crippen molar-refractivity contribution in [1.82, 2.24) is 4.90 Å². The van der Waals surface area contributed by atoms with E-state index in [1.54, 1.807) is 13.8 Å². The number of carbonyl (C=O) groups excluding carboxylic acids is 3. The molecule has 0 saturated heterocycles. The average Bonchev–Trinajstić information content (AvgIpc) is 3.20. The third kappa shape index (κ3) is 6.31. The van der Waals surface area contributed by atoms with Crippen LogP contribution in [0, 0.1) is 0 Å². The molecule has 1 aromatic heterocycles. The molecule has 1 aliphatic heterocycles. The molecule has 0 unspecified atom stereocenters. The molecule has 0 bridgehead atoms. The van der Waals surface area contributed by atoms with Crippen LogP contribution in [0.4, 0.5) is 9.80 Å². The Morgan fingerprint density at radius 2 is 1.77 bits per heavy atom. The molecule has 1 aliphatic rings. The number of rotatable bonds is 9. The van der Waals surface area contributed by atoms with Gasteiger partial charge in [-0.15, -0.1) is 11.3 Å². The molecule has 2 aromatic rings. The van der Waals surface area contributed by atoms with Crippen molar-refractivity contribution in [3.63, 3.8) is 0 Å². The van der Waals surface area contributed by atoms with E-state index in [0.717, 1.165) is 10.4 Å². The largest absolute Gasteiger partial charge is 0.497 e. The molecule has 1 N–H and O–H groups in total. The van der Waals surface area contributed by atoms with Crippen LogP contribution in [0.15, 0.2) is 29.2 Å². The molecule has 0 saturated carbocycles. The topological polar surface area (TPSA) is 128 Å². The van der Waals surface area contributed by atoms with E-state index in [9.17, 15) is 22.8 Å². The van der Waals surface area contributed by atoms with E-state index >= 15 is 0 Å². The van der Waals surface area contributed by atoms with Gasteiger partial charge in [0.15, 0.2) is 9.84 Å². The van der Waals surface area contributed by atoms with Crippen LogP contribution < -0.4 is 10.1 Å². The summed E-state index contributed by atoms with van der Waals surface area (Å²) in [5.74, 6) is -0.998. The number of ether oxygens (including phenoxy) is 3. The fourth-order valence-electron chi connectivity index (χ4n) is 3.60. The number of esters is 1. The highest BCUT2D eigenvalue weighted by atomic mass is 32.2. The summed E-state index contributed by atoms with van der Waals surface area (Å²) in [5, 5.41) is 2.96. The Hall–Kier alpha value is -3.12. The first kappa shape index (κ1) is 26.5. The number of carbonyl (C=O) groups is 3. The number of fused-ring (bicyclic) bond motifs is 1. The Labute approximate surface area is 208 Å².